The van der Waals surface area contributed by atoms with Crippen LogP contribution in [0.3, 0.4) is 0 Å². The van der Waals surface area contributed by atoms with E-state index in [1.54, 1.807) is 12.1 Å². The second-order valence-electron chi connectivity index (χ2n) is 18.1. The first-order valence-corrected chi connectivity index (χ1v) is 24.3. The number of para-hydroxylation sites is 13. The van der Waals surface area contributed by atoms with E-state index >= 15 is 0 Å². The fourth-order valence-electron chi connectivity index (χ4n) is 10.7. The molecule has 11 heteroatoms. The van der Waals surface area contributed by atoms with Crippen LogP contribution in [0, 0.1) is 46.3 Å². The standard InChI is InChI=1S/C65H35N7O4/c1-2-40-32-42(37-66)55(69-46-17-3-9-24-58(46)73-59-25-10-4-18-47(59)69)35-54(40)71-50-21-7-13-28-62(50)75-64-34-41(30-31-52(64)71)45-16-15-23-53-65(45)76-63-29-14-8-22-51(63)72(53)57-36-56(43(38-67)33-44(57)39-68)70-48-19-5-11-26-60(48)74-61-27-12-6-20-49(61)70/h1,3-36H. The van der Waals surface area contributed by atoms with Gasteiger partial charge >= 0.3 is 0 Å². The maximum atomic E-state index is 10.9. The first-order chi connectivity index (χ1) is 37.5. The van der Waals surface area contributed by atoms with Crippen molar-refractivity contribution in [2.24, 2.45) is 0 Å². The van der Waals surface area contributed by atoms with Gasteiger partial charge in [0, 0.05) is 11.1 Å². The van der Waals surface area contributed by atoms with Crippen molar-refractivity contribution in [3.8, 4) is 87.7 Å². The fourth-order valence-corrected chi connectivity index (χ4v) is 10.7. The lowest BCUT2D eigenvalue weighted by Gasteiger charge is -2.37. The van der Waals surface area contributed by atoms with Gasteiger partial charge in [0.1, 0.15) is 18.2 Å². The highest BCUT2D eigenvalue weighted by Crippen LogP contribution is 2.59. The summed E-state index contributed by atoms with van der Waals surface area (Å²) in [7, 11) is 0. The molecule has 14 rings (SSSR count). The number of fused-ring (bicyclic) bond motifs is 8. The van der Waals surface area contributed by atoms with E-state index in [2.05, 4.69) is 29.0 Å². The molecule has 4 heterocycles. The largest absolute Gasteiger partial charge is 0.453 e. The van der Waals surface area contributed by atoms with E-state index in [1.165, 1.54) is 0 Å². The molecule has 11 nitrogen and oxygen atoms in total. The molecule has 76 heavy (non-hydrogen) atoms. The molecular weight excluding hydrogens is 943 g/mol. The average Bonchev–Trinajstić information content (AvgIpc) is 3.56. The van der Waals surface area contributed by atoms with Crippen LogP contribution in [0.1, 0.15) is 22.3 Å². The van der Waals surface area contributed by atoms with Crippen molar-refractivity contribution in [2.75, 3.05) is 19.6 Å². The number of nitriles is 3. The maximum Gasteiger partial charge on any atom is 0.159 e. The lowest BCUT2D eigenvalue weighted by atomic mass is 9.97. The van der Waals surface area contributed by atoms with Crippen molar-refractivity contribution < 1.29 is 18.9 Å². The number of benzene rings is 10. The minimum absolute atomic E-state index is 0.295. The summed E-state index contributed by atoms with van der Waals surface area (Å²) >= 11 is 0. The fraction of sp³-hybridized carbons (Fsp3) is 0. The van der Waals surface area contributed by atoms with Gasteiger partial charge in [-0.25, -0.2) is 0 Å². The summed E-state index contributed by atoms with van der Waals surface area (Å²) in [4.78, 5) is 8.18. The Bertz CT molecular complexity index is 4220. The van der Waals surface area contributed by atoms with Crippen LogP contribution in [0.5, 0.6) is 46.0 Å². The predicted molar refractivity (Wildman–Crippen MR) is 293 cm³/mol. The molecule has 0 aliphatic carbocycles. The minimum atomic E-state index is 0.295. The SMILES string of the molecule is C#Cc1cc(C#N)c(N2c3ccccc3Oc3ccccc32)cc1N1c2ccccc2Oc2cc(-c3cccc4c3Oc3ccccc3N4c3cc(N4c5ccccc5Oc5ccccc54)c(C#N)cc3C#N)ccc21. The summed E-state index contributed by atoms with van der Waals surface area (Å²) in [6.07, 6.45) is 6.36. The lowest BCUT2D eigenvalue weighted by molar-refractivity contribution is 0.475. The van der Waals surface area contributed by atoms with Crippen molar-refractivity contribution in [3.63, 3.8) is 0 Å². The minimum Gasteiger partial charge on any atom is -0.453 e. The quantitative estimate of drug-likeness (QED) is 0.153. The third-order valence-corrected chi connectivity index (χ3v) is 14.0. The van der Waals surface area contributed by atoms with Crippen LogP contribution in [-0.4, -0.2) is 0 Å². The van der Waals surface area contributed by atoms with Gasteiger partial charge < -0.3 is 38.5 Å². The molecule has 4 aliphatic rings. The average molecular weight is 978 g/mol. The number of rotatable bonds is 5. The summed E-state index contributed by atoms with van der Waals surface area (Å²) in [6.45, 7) is 0. The van der Waals surface area contributed by atoms with Gasteiger partial charge in [-0.15, -0.1) is 6.42 Å². The zero-order valence-corrected chi connectivity index (χ0v) is 40.0. The first kappa shape index (κ1) is 43.4. The Morgan fingerprint density at radius 1 is 0.289 bits per heavy atom. The van der Waals surface area contributed by atoms with Gasteiger partial charge in [-0.3, -0.25) is 0 Å². The third-order valence-electron chi connectivity index (χ3n) is 14.0. The van der Waals surface area contributed by atoms with Gasteiger partial charge in [0.15, 0.2) is 46.0 Å². The number of nitrogens with zero attached hydrogens (tertiary/aromatic N) is 7. The summed E-state index contributed by atoms with van der Waals surface area (Å²) in [6, 6.07) is 72.9. The van der Waals surface area contributed by atoms with Gasteiger partial charge in [0.25, 0.3) is 0 Å². The Morgan fingerprint density at radius 2 is 0.618 bits per heavy atom. The van der Waals surface area contributed by atoms with Crippen molar-refractivity contribution in [1.29, 1.82) is 15.8 Å². The first-order valence-electron chi connectivity index (χ1n) is 24.3. The zero-order valence-electron chi connectivity index (χ0n) is 40.0. The highest BCUT2D eigenvalue weighted by molar-refractivity contribution is 5.99. The molecule has 10 aromatic carbocycles. The normalized spacial score (nSPS) is 12.7. The Kier molecular flexibility index (Phi) is 9.80. The Labute approximate surface area is 436 Å². The third kappa shape index (κ3) is 6.62. The second-order valence-corrected chi connectivity index (χ2v) is 18.1. The Hall–Kier alpha value is -11.4. The molecule has 10 aromatic rings. The monoisotopic (exact) mass is 977 g/mol. The molecule has 0 amide bonds. The smallest absolute Gasteiger partial charge is 0.159 e. The summed E-state index contributed by atoms with van der Waals surface area (Å²) in [5, 5.41) is 32.4. The summed E-state index contributed by atoms with van der Waals surface area (Å²) in [5.41, 5.74) is 11.3. The van der Waals surface area contributed by atoms with Gasteiger partial charge in [-0.2, -0.15) is 15.8 Å². The van der Waals surface area contributed by atoms with E-state index in [0.29, 0.717) is 108 Å². The summed E-state index contributed by atoms with van der Waals surface area (Å²) in [5.74, 6) is 7.72. The molecule has 0 spiro atoms. The molecule has 0 aromatic heterocycles. The maximum absolute atomic E-state index is 10.9. The Balaban J connectivity index is 0.921. The molecule has 0 N–H and O–H groups in total. The molecule has 354 valence electrons. The second kappa shape index (κ2) is 17.2. The number of ether oxygens (including phenoxy) is 4. The molecule has 0 atom stereocenters. The number of terminal acetylenes is 1. The van der Waals surface area contributed by atoms with Crippen LogP contribution in [-0.2, 0) is 0 Å². The van der Waals surface area contributed by atoms with E-state index < -0.39 is 0 Å². The number of anilines is 12. The van der Waals surface area contributed by atoms with Crippen LogP contribution >= 0.6 is 0 Å². The Morgan fingerprint density at radius 3 is 1.03 bits per heavy atom. The van der Waals surface area contributed by atoms with Gasteiger partial charge in [-0.1, -0.05) is 96.9 Å². The van der Waals surface area contributed by atoms with Crippen molar-refractivity contribution in [3.05, 3.63) is 229 Å². The van der Waals surface area contributed by atoms with E-state index in [-0.39, 0.29) is 0 Å². The molecule has 0 saturated heterocycles. The molecule has 0 radical (unpaired) electrons. The molecular formula is C65H35N7O4. The predicted octanol–water partition coefficient (Wildman–Crippen LogP) is 17.3. The highest BCUT2D eigenvalue weighted by atomic mass is 16.5. The van der Waals surface area contributed by atoms with Crippen LogP contribution in [0.15, 0.2) is 206 Å². The molecule has 0 bridgehead atoms. The van der Waals surface area contributed by atoms with Gasteiger partial charge in [0.2, 0.25) is 0 Å². The molecule has 4 aliphatic heterocycles. The zero-order chi connectivity index (χ0) is 51.0. The van der Waals surface area contributed by atoms with E-state index in [9.17, 15) is 15.8 Å². The number of hydrogen-bond acceptors (Lipinski definition) is 11. The lowest BCUT2D eigenvalue weighted by Crippen LogP contribution is -2.20. The van der Waals surface area contributed by atoms with E-state index in [0.717, 1.165) is 39.6 Å². The van der Waals surface area contributed by atoms with Crippen LogP contribution in [0.4, 0.5) is 68.2 Å². The highest BCUT2D eigenvalue weighted by Gasteiger charge is 2.36. The van der Waals surface area contributed by atoms with Crippen LogP contribution < -0.4 is 38.5 Å². The van der Waals surface area contributed by atoms with Gasteiger partial charge in [-0.05, 0) is 121 Å². The van der Waals surface area contributed by atoms with Crippen LogP contribution in [0.2, 0.25) is 0 Å². The van der Waals surface area contributed by atoms with Crippen molar-refractivity contribution in [1.82, 2.24) is 0 Å². The van der Waals surface area contributed by atoms with E-state index in [4.69, 9.17) is 25.4 Å². The van der Waals surface area contributed by atoms with E-state index in [1.807, 2.05) is 209 Å². The molecule has 0 unspecified atom stereocenters. The number of hydrogen-bond donors (Lipinski definition) is 0. The van der Waals surface area contributed by atoms with Crippen molar-refractivity contribution in [2.45, 2.75) is 0 Å². The topological polar surface area (TPSA) is 121 Å². The van der Waals surface area contributed by atoms with Crippen LogP contribution in [0.25, 0.3) is 11.1 Å². The van der Waals surface area contributed by atoms with Crippen molar-refractivity contribution >= 4 is 68.2 Å². The van der Waals surface area contributed by atoms with Gasteiger partial charge in [0.05, 0.1) is 84.9 Å². The summed E-state index contributed by atoms with van der Waals surface area (Å²) < 4.78 is 26.4. The molecule has 0 fully saturated rings. The molecule has 0 saturated carbocycles.